The van der Waals surface area contributed by atoms with Gasteiger partial charge in [-0.3, -0.25) is 19.3 Å². The Morgan fingerprint density at radius 3 is 2.14 bits per heavy atom. The SMILES string of the molecule is CCN(C(=O)[C@H](C)OC(=O)c1ccc(N2C(=O)CCC2=O)cc1)c1ccccc1. The van der Waals surface area contributed by atoms with Crippen LogP contribution in [0.2, 0.25) is 0 Å². The van der Waals surface area contributed by atoms with Crippen molar-refractivity contribution in [1.82, 2.24) is 0 Å². The number of hydrogen-bond donors (Lipinski definition) is 0. The van der Waals surface area contributed by atoms with Gasteiger partial charge in [0.1, 0.15) is 0 Å². The molecule has 2 aromatic carbocycles. The van der Waals surface area contributed by atoms with Gasteiger partial charge >= 0.3 is 5.97 Å². The molecule has 1 atom stereocenters. The van der Waals surface area contributed by atoms with Crippen LogP contribution in [0.25, 0.3) is 0 Å². The van der Waals surface area contributed by atoms with Crippen molar-refractivity contribution in [2.24, 2.45) is 0 Å². The lowest BCUT2D eigenvalue weighted by molar-refractivity contribution is -0.126. The Hall–Kier alpha value is -3.48. The van der Waals surface area contributed by atoms with Crippen molar-refractivity contribution < 1.29 is 23.9 Å². The molecule has 0 aromatic heterocycles. The smallest absolute Gasteiger partial charge is 0.338 e. The number of imide groups is 1. The highest BCUT2D eigenvalue weighted by atomic mass is 16.5. The maximum absolute atomic E-state index is 12.7. The summed E-state index contributed by atoms with van der Waals surface area (Å²) in [6.45, 7) is 3.82. The average molecular weight is 394 g/mol. The van der Waals surface area contributed by atoms with Gasteiger partial charge < -0.3 is 9.64 Å². The van der Waals surface area contributed by atoms with E-state index in [0.717, 1.165) is 10.6 Å². The van der Waals surface area contributed by atoms with E-state index in [0.29, 0.717) is 12.2 Å². The standard InChI is InChI=1S/C22H22N2O5/c1-3-23(17-7-5-4-6-8-17)21(27)15(2)29-22(28)16-9-11-18(12-10-16)24-19(25)13-14-20(24)26/h4-12,15H,3,13-14H2,1-2H3/t15-/m0/s1. The van der Waals surface area contributed by atoms with Crippen LogP contribution in [0.1, 0.15) is 37.0 Å². The summed E-state index contributed by atoms with van der Waals surface area (Å²) in [5.41, 5.74) is 1.38. The second-order valence-electron chi connectivity index (χ2n) is 6.64. The number of carbonyl (C=O) groups excluding carboxylic acids is 4. The van der Waals surface area contributed by atoms with Gasteiger partial charge in [-0.25, -0.2) is 4.79 Å². The zero-order chi connectivity index (χ0) is 21.0. The summed E-state index contributed by atoms with van der Waals surface area (Å²) in [7, 11) is 0. The number of benzene rings is 2. The Morgan fingerprint density at radius 2 is 1.59 bits per heavy atom. The summed E-state index contributed by atoms with van der Waals surface area (Å²) >= 11 is 0. The monoisotopic (exact) mass is 394 g/mol. The Balaban J connectivity index is 1.67. The molecule has 0 bridgehead atoms. The first-order valence-electron chi connectivity index (χ1n) is 9.45. The third-order valence-electron chi connectivity index (χ3n) is 4.69. The number of ether oxygens (including phenoxy) is 1. The van der Waals surface area contributed by atoms with E-state index in [1.807, 2.05) is 37.3 Å². The number of amides is 3. The highest BCUT2D eigenvalue weighted by Gasteiger charge is 2.30. The fourth-order valence-corrected chi connectivity index (χ4v) is 3.18. The van der Waals surface area contributed by atoms with Crippen LogP contribution >= 0.6 is 0 Å². The van der Waals surface area contributed by atoms with Gasteiger partial charge in [-0.1, -0.05) is 18.2 Å². The van der Waals surface area contributed by atoms with Crippen LogP contribution in [0.15, 0.2) is 54.6 Å². The number of hydrogen-bond acceptors (Lipinski definition) is 5. The molecule has 7 nitrogen and oxygen atoms in total. The molecule has 3 rings (SSSR count). The number of para-hydroxylation sites is 1. The molecule has 1 fully saturated rings. The summed E-state index contributed by atoms with van der Waals surface area (Å²) in [4.78, 5) is 51.4. The molecule has 0 radical (unpaired) electrons. The minimum absolute atomic E-state index is 0.192. The Kier molecular flexibility index (Phi) is 6.07. The summed E-state index contributed by atoms with van der Waals surface area (Å²) in [6, 6.07) is 15.1. The van der Waals surface area contributed by atoms with Gasteiger partial charge in [0, 0.05) is 25.1 Å². The van der Waals surface area contributed by atoms with Crippen LogP contribution in [0.4, 0.5) is 11.4 Å². The van der Waals surface area contributed by atoms with Crippen LogP contribution in [-0.4, -0.2) is 36.3 Å². The Bertz CT molecular complexity index is 908. The number of rotatable bonds is 6. The van der Waals surface area contributed by atoms with Crippen molar-refractivity contribution in [3.63, 3.8) is 0 Å². The lowest BCUT2D eigenvalue weighted by atomic mass is 10.2. The van der Waals surface area contributed by atoms with Crippen molar-refractivity contribution in [1.29, 1.82) is 0 Å². The van der Waals surface area contributed by atoms with Crippen molar-refractivity contribution in [2.45, 2.75) is 32.8 Å². The van der Waals surface area contributed by atoms with E-state index in [1.54, 1.807) is 4.90 Å². The van der Waals surface area contributed by atoms with Crippen LogP contribution in [-0.2, 0) is 19.1 Å². The highest BCUT2D eigenvalue weighted by Crippen LogP contribution is 2.23. The molecule has 1 aliphatic heterocycles. The third-order valence-corrected chi connectivity index (χ3v) is 4.69. The van der Waals surface area contributed by atoms with Crippen LogP contribution < -0.4 is 9.80 Å². The maximum Gasteiger partial charge on any atom is 0.338 e. The van der Waals surface area contributed by atoms with Gasteiger partial charge in [-0.2, -0.15) is 0 Å². The van der Waals surface area contributed by atoms with E-state index in [1.165, 1.54) is 31.2 Å². The topological polar surface area (TPSA) is 84.0 Å². The molecule has 0 N–H and O–H groups in total. The number of nitrogens with zero attached hydrogens (tertiary/aromatic N) is 2. The number of likely N-dealkylation sites (N-methyl/N-ethyl adjacent to an activating group) is 1. The second kappa shape index (κ2) is 8.68. The number of carbonyl (C=O) groups is 4. The Labute approximate surface area is 168 Å². The predicted octanol–water partition coefficient (Wildman–Crippen LogP) is 2.94. The predicted molar refractivity (Wildman–Crippen MR) is 108 cm³/mol. The van der Waals surface area contributed by atoms with Gasteiger partial charge in [0.25, 0.3) is 5.91 Å². The summed E-state index contributed by atoms with van der Waals surface area (Å²) in [5, 5.41) is 0. The van der Waals surface area contributed by atoms with Crippen LogP contribution in [0.3, 0.4) is 0 Å². The van der Waals surface area contributed by atoms with Gasteiger partial charge in [-0.05, 0) is 50.2 Å². The molecule has 29 heavy (non-hydrogen) atoms. The van der Waals surface area contributed by atoms with Crippen molar-refractivity contribution >= 4 is 35.1 Å². The molecular formula is C22H22N2O5. The average Bonchev–Trinajstić information content (AvgIpc) is 3.07. The van der Waals surface area contributed by atoms with E-state index in [-0.39, 0.29) is 36.1 Å². The second-order valence-corrected chi connectivity index (χ2v) is 6.64. The fourth-order valence-electron chi connectivity index (χ4n) is 3.18. The Morgan fingerprint density at radius 1 is 1.00 bits per heavy atom. The molecule has 1 aliphatic rings. The molecule has 0 unspecified atom stereocenters. The molecule has 1 heterocycles. The first-order chi connectivity index (χ1) is 13.9. The van der Waals surface area contributed by atoms with Crippen LogP contribution in [0, 0.1) is 0 Å². The van der Waals surface area contributed by atoms with E-state index in [4.69, 9.17) is 4.74 Å². The summed E-state index contributed by atoms with van der Waals surface area (Å²) in [6.07, 6.45) is -0.584. The first-order valence-corrected chi connectivity index (χ1v) is 9.45. The normalized spacial score (nSPS) is 14.6. The molecule has 0 saturated carbocycles. The van der Waals surface area contributed by atoms with Crippen molar-refractivity contribution in [3.8, 4) is 0 Å². The largest absolute Gasteiger partial charge is 0.449 e. The third kappa shape index (κ3) is 4.34. The fraction of sp³-hybridized carbons (Fsp3) is 0.273. The molecule has 2 aromatic rings. The van der Waals surface area contributed by atoms with Gasteiger partial charge in [0.2, 0.25) is 11.8 Å². The molecule has 7 heteroatoms. The molecule has 3 amide bonds. The molecule has 1 saturated heterocycles. The highest BCUT2D eigenvalue weighted by molar-refractivity contribution is 6.19. The lowest BCUT2D eigenvalue weighted by Gasteiger charge is -2.24. The van der Waals surface area contributed by atoms with E-state index >= 15 is 0 Å². The summed E-state index contributed by atoms with van der Waals surface area (Å²) in [5.74, 6) is -1.49. The zero-order valence-electron chi connectivity index (χ0n) is 16.3. The van der Waals surface area contributed by atoms with E-state index < -0.39 is 12.1 Å². The summed E-state index contributed by atoms with van der Waals surface area (Å²) < 4.78 is 5.33. The van der Waals surface area contributed by atoms with Gasteiger partial charge in [0.15, 0.2) is 6.10 Å². The lowest BCUT2D eigenvalue weighted by Crippen LogP contribution is -2.40. The molecule has 0 aliphatic carbocycles. The van der Waals surface area contributed by atoms with Crippen LogP contribution in [0.5, 0.6) is 0 Å². The molecular weight excluding hydrogens is 372 g/mol. The molecule has 0 spiro atoms. The first kappa shape index (κ1) is 20.3. The minimum Gasteiger partial charge on any atom is -0.449 e. The van der Waals surface area contributed by atoms with E-state index in [2.05, 4.69) is 0 Å². The van der Waals surface area contributed by atoms with Crippen molar-refractivity contribution in [3.05, 3.63) is 60.2 Å². The van der Waals surface area contributed by atoms with Crippen molar-refractivity contribution in [2.75, 3.05) is 16.3 Å². The number of anilines is 2. The zero-order valence-corrected chi connectivity index (χ0v) is 16.3. The minimum atomic E-state index is -0.968. The van der Waals surface area contributed by atoms with E-state index in [9.17, 15) is 19.2 Å². The maximum atomic E-state index is 12.7. The molecule has 150 valence electrons. The number of esters is 1. The van der Waals surface area contributed by atoms with Gasteiger partial charge in [-0.15, -0.1) is 0 Å². The quantitative estimate of drug-likeness (QED) is 0.556. The van der Waals surface area contributed by atoms with Gasteiger partial charge in [0.05, 0.1) is 11.3 Å².